The van der Waals surface area contributed by atoms with Crippen LogP contribution in [0.25, 0.3) is 0 Å². The third-order valence-electron chi connectivity index (χ3n) is 2.16. The molecule has 0 rings (SSSR count). The lowest BCUT2D eigenvalue weighted by molar-refractivity contribution is 0.287. The van der Waals surface area contributed by atoms with Crippen LogP contribution in [-0.4, -0.2) is 11.8 Å². The Hall–Kier alpha value is 0.580. The van der Waals surface area contributed by atoms with Crippen molar-refractivity contribution in [3.05, 3.63) is 0 Å². The summed E-state index contributed by atoms with van der Waals surface area (Å²) in [5.74, 6) is 2.06. The Bertz CT molecular complexity index is 87.5. The molecule has 0 heterocycles. The second kappa shape index (κ2) is 5.27. The van der Waals surface area contributed by atoms with E-state index in [0.717, 1.165) is 12.8 Å². The molecule has 0 aliphatic rings. The number of alkyl halides is 2. The van der Waals surface area contributed by atoms with E-state index in [4.69, 9.17) is 23.2 Å². The van der Waals surface area contributed by atoms with Crippen molar-refractivity contribution in [2.45, 2.75) is 33.6 Å². The maximum Gasteiger partial charge on any atom is 0.0291 e. The van der Waals surface area contributed by atoms with Crippen LogP contribution < -0.4 is 0 Å². The van der Waals surface area contributed by atoms with Crippen molar-refractivity contribution >= 4 is 23.2 Å². The Morgan fingerprint density at radius 2 is 1.64 bits per heavy atom. The average Bonchev–Trinajstić information content (AvgIpc) is 2.00. The lowest BCUT2D eigenvalue weighted by atomic mass is 9.81. The van der Waals surface area contributed by atoms with Crippen molar-refractivity contribution in [1.82, 2.24) is 0 Å². The van der Waals surface area contributed by atoms with Crippen LogP contribution in [-0.2, 0) is 0 Å². The highest BCUT2D eigenvalue weighted by Crippen LogP contribution is 2.32. The van der Waals surface area contributed by atoms with E-state index in [1.54, 1.807) is 0 Å². The normalized spacial score (nSPS) is 12.5. The lowest BCUT2D eigenvalue weighted by Gasteiger charge is -2.29. The van der Waals surface area contributed by atoms with Gasteiger partial charge >= 0.3 is 0 Å². The van der Waals surface area contributed by atoms with Crippen molar-refractivity contribution in [2.75, 3.05) is 11.8 Å². The van der Waals surface area contributed by atoms with Crippen LogP contribution in [0.2, 0.25) is 0 Å². The van der Waals surface area contributed by atoms with Gasteiger partial charge in [0.1, 0.15) is 0 Å². The second-order valence-corrected chi connectivity index (χ2v) is 4.25. The summed E-state index contributed by atoms with van der Waals surface area (Å²) < 4.78 is 0. The van der Waals surface area contributed by atoms with Gasteiger partial charge in [0.25, 0.3) is 0 Å². The first-order valence-electron chi connectivity index (χ1n) is 4.22. The summed E-state index contributed by atoms with van der Waals surface area (Å²) in [6.45, 7) is 6.58. The van der Waals surface area contributed by atoms with Gasteiger partial charge in [-0.25, -0.2) is 0 Å². The molecule has 0 saturated carbocycles. The summed E-state index contributed by atoms with van der Waals surface area (Å²) in [4.78, 5) is 0. The van der Waals surface area contributed by atoms with E-state index in [1.165, 1.54) is 0 Å². The second-order valence-electron chi connectivity index (χ2n) is 3.72. The van der Waals surface area contributed by atoms with Crippen LogP contribution in [0.1, 0.15) is 33.6 Å². The molecule has 0 bridgehead atoms. The molecule has 0 spiro atoms. The molecule has 0 nitrogen and oxygen atoms in total. The Labute approximate surface area is 80.3 Å². The van der Waals surface area contributed by atoms with Gasteiger partial charge in [0.15, 0.2) is 0 Å². The minimum atomic E-state index is 0.178. The van der Waals surface area contributed by atoms with Gasteiger partial charge in [-0.3, -0.25) is 0 Å². The van der Waals surface area contributed by atoms with Gasteiger partial charge < -0.3 is 0 Å². The van der Waals surface area contributed by atoms with E-state index in [2.05, 4.69) is 20.8 Å². The van der Waals surface area contributed by atoms with Gasteiger partial charge in [-0.05, 0) is 24.2 Å². The van der Waals surface area contributed by atoms with E-state index in [-0.39, 0.29) is 5.41 Å². The van der Waals surface area contributed by atoms with Gasteiger partial charge in [0.2, 0.25) is 0 Å². The number of rotatable bonds is 5. The van der Waals surface area contributed by atoms with Gasteiger partial charge in [0, 0.05) is 11.8 Å². The number of hydrogen-bond donors (Lipinski definition) is 0. The van der Waals surface area contributed by atoms with Crippen molar-refractivity contribution in [3.63, 3.8) is 0 Å². The third-order valence-corrected chi connectivity index (χ3v) is 3.29. The maximum absolute atomic E-state index is 5.88. The van der Waals surface area contributed by atoms with Gasteiger partial charge in [-0.2, -0.15) is 0 Å². The van der Waals surface area contributed by atoms with Gasteiger partial charge in [0.05, 0.1) is 0 Å². The van der Waals surface area contributed by atoms with E-state index in [9.17, 15) is 0 Å². The molecule has 0 saturated heterocycles. The number of halogens is 2. The molecule has 0 aliphatic heterocycles. The lowest BCUT2D eigenvalue weighted by Crippen LogP contribution is -2.26. The van der Waals surface area contributed by atoms with Crippen molar-refractivity contribution < 1.29 is 0 Å². The summed E-state index contributed by atoms with van der Waals surface area (Å²) in [6, 6.07) is 0. The van der Waals surface area contributed by atoms with E-state index in [0.29, 0.717) is 17.7 Å². The zero-order chi connectivity index (χ0) is 8.91. The predicted octanol–water partition coefficient (Wildman–Crippen LogP) is 3.91. The minimum absolute atomic E-state index is 0.178. The summed E-state index contributed by atoms with van der Waals surface area (Å²) in [7, 11) is 0. The Morgan fingerprint density at radius 1 is 1.18 bits per heavy atom. The van der Waals surface area contributed by atoms with Gasteiger partial charge in [-0.15, -0.1) is 23.2 Å². The van der Waals surface area contributed by atoms with E-state index in [1.807, 2.05) is 0 Å². The monoisotopic (exact) mass is 196 g/mol. The fourth-order valence-electron chi connectivity index (χ4n) is 1.34. The third kappa shape index (κ3) is 3.66. The first kappa shape index (κ1) is 11.6. The van der Waals surface area contributed by atoms with Crippen LogP contribution >= 0.6 is 23.2 Å². The summed E-state index contributed by atoms with van der Waals surface area (Å²) in [5, 5.41) is 0. The first-order chi connectivity index (χ1) is 5.10. The van der Waals surface area contributed by atoms with Gasteiger partial charge in [-0.1, -0.05) is 20.8 Å². The molecule has 0 N–H and O–H groups in total. The Kier molecular flexibility index (Phi) is 5.54. The molecule has 0 fully saturated rings. The SMILES string of the molecule is CCC(CCl)(CCl)CC(C)C. The molecular formula is C9H18Cl2. The molecule has 2 heteroatoms. The molecule has 68 valence electrons. The molecule has 0 amide bonds. The topological polar surface area (TPSA) is 0 Å². The predicted molar refractivity (Wildman–Crippen MR) is 53.6 cm³/mol. The van der Waals surface area contributed by atoms with E-state index >= 15 is 0 Å². The van der Waals surface area contributed by atoms with Crippen molar-refractivity contribution in [3.8, 4) is 0 Å². The van der Waals surface area contributed by atoms with Crippen molar-refractivity contribution in [2.24, 2.45) is 11.3 Å². The smallest absolute Gasteiger partial charge is 0.0291 e. The van der Waals surface area contributed by atoms with Crippen molar-refractivity contribution in [1.29, 1.82) is 0 Å². The van der Waals surface area contributed by atoms with Crippen LogP contribution in [0.3, 0.4) is 0 Å². The molecule has 0 atom stereocenters. The molecule has 0 aromatic heterocycles. The standard InChI is InChI=1S/C9H18Cl2/c1-4-9(6-10,7-11)5-8(2)3/h8H,4-7H2,1-3H3. The fourth-order valence-corrected chi connectivity index (χ4v) is 2.23. The quantitative estimate of drug-likeness (QED) is 0.586. The van der Waals surface area contributed by atoms with Crippen LogP contribution in [0, 0.1) is 11.3 Å². The van der Waals surface area contributed by atoms with E-state index < -0.39 is 0 Å². The zero-order valence-electron chi connectivity index (χ0n) is 7.66. The average molecular weight is 197 g/mol. The molecule has 0 aliphatic carbocycles. The molecule has 0 radical (unpaired) electrons. The maximum atomic E-state index is 5.88. The molecule has 11 heavy (non-hydrogen) atoms. The highest BCUT2D eigenvalue weighted by Gasteiger charge is 2.26. The van der Waals surface area contributed by atoms with Crippen LogP contribution in [0.5, 0.6) is 0 Å². The molecular weight excluding hydrogens is 179 g/mol. The first-order valence-corrected chi connectivity index (χ1v) is 5.29. The molecule has 0 aromatic rings. The largest absolute Gasteiger partial charge is 0.126 e. The summed E-state index contributed by atoms with van der Waals surface area (Å²) in [6.07, 6.45) is 2.22. The van der Waals surface area contributed by atoms with Crippen LogP contribution in [0.4, 0.5) is 0 Å². The van der Waals surface area contributed by atoms with Crippen LogP contribution in [0.15, 0.2) is 0 Å². The summed E-state index contributed by atoms with van der Waals surface area (Å²) in [5.41, 5.74) is 0.178. The Morgan fingerprint density at radius 3 is 1.73 bits per heavy atom. The minimum Gasteiger partial charge on any atom is -0.126 e. The highest BCUT2D eigenvalue weighted by atomic mass is 35.5. The fraction of sp³-hybridized carbons (Fsp3) is 1.00. The number of hydrogen-bond acceptors (Lipinski definition) is 0. The molecule has 0 aromatic carbocycles. The molecule has 0 unspecified atom stereocenters. The Balaban J connectivity index is 4.05. The summed E-state index contributed by atoms with van der Waals surface area (Å²) >= 11 is 11.8. The zero-order valence-corrected chi connectivity index (χ0v) is 9.17. The highest BCUT2D eigenvalue weighted by molar-refractivity contribution is 6.21.